The molecule has 1 rings (SSSR count). The average Bonchev–Trinajstić information content (AvgIpc) is 2.20. The van der Waals surface area contributed by atoms with E-state index >= 15 is 0 Å². The van der Waals surface area contributed by atoms with E-state index in [1.165, 1.54) is 0 Å². The van der Waals surface area contributed by atoms with Crippen molar-refractivity contribution in [2.75, 3.05) is 6.61 Å². The maximum absolute atomic E-state index is 5.84. The minimum atomic E-state index is 0.563. The van der Waals surface area contributed by atoms with E-state index in [2.05, 4.69) is 15.7 Å². The lowest BCUT2D eigenvalue weighted by Gasteiger charge is -1.98. The lowest BCUT2D eigenvalue weighted by Crippen LogP contribution is -2.07. The molecule has 0 aromatic carbocycles. The van der Waals surface area contributed by atoms with Crippen LogP contribution in [0.5, 0.6) is 0 Å². The number of aromatic nitrogens is 1. The van der Waals surface area contributed by atoms with Crippen molar-refractivity contribution in [3.05, 3.63) is 29.0 Å². The van der Waals surface area contributed by atoms with Crippen molar-refractivity contribution >= 4 is 17.8 Å². The predicted molar refractivity (Wildman–Crippen MR) is 56.2 cm³/mol. The highest BCUT2D eigenvalue weighted by molar-refractivity contribution is 6.32. The zero-order valence-corrected chi connectivity index (χ0v) is 8.66. The number of nitrogens with zero attached hydrogens (tertiary/aromatic N) is 2. The first kappa shape index (κ1) is 10.9. The summed E-state index contributed by atoms with van der Waals surface area (Å²) in [7, 11) is 0. The summed E-state index contributed by atoms with van der Waals surface area (Å²) in [5, 5.41) is 4.39. The highest BCUT2D eigenvalue weighted by atomic mass is 35.5. The van der Waals surface area contributed by atoms with Gasteiger partial charge in [-0.15, -0.1) is 0 Å². The van der Waals surface area contributed by atoms with Crippen molar-refractivity contribution in [1.29, 1.82) is 0 Å². The summed E-state index contributed by atoms with van der Waals surface area (Å²) in [4.78, 5) is 8.80. The molecule has 0 spiro atoms. The van der Waals surface area contributed by atoms with Crippen LogP contribution in [0.4, 0.5) is 0 Å². The monoisotopic (exact) mass is 213 g/mol. The third-order valence-electron chi connectivity index (χ3n) is 1.43. The molecule has 0 saturated heterocycles. The summed E-state index contributed by atoms with van der Waals surface area (Å²) in [6.45, 7) is 2.65. The number of halogens is 1. The van der Waals surface area contributed by atoms with Gasteiger partial charge < -0.3 is 0 Å². The Hall–Kier alpha value is -1.13. The molecule has 0 bridgehead atoms. The number of hydrogen-bond donors (Lipinski definition) is 1. The molecule has 1 N–H and O–H groups in total. The van der Waals surface area contributed by atoms with Crippen LogP contribution in [0.25, 0.3) is 0 Å². The van der Waals surface area contributed by atoms with Gasteiger partial charge in [-0.05, 0) is 12.5 Å². The van der Waals surface area contributed by atoms with Gasteiger partial charge in [0.2, 0.25) is 0 Å². The number of nitrogens with one attached hydrogen (secondary N) is 1. The summed E-state index contributed by atoms with van der Waals surface area (Å²) in [6.07, 6.45) is 5.74. The zero-order valence-electron chi connectivity index (χ0n) is 7.90. The van der Waals surface area contributed by atoms with E-state index in [1.807, 2.05) is 6.92 Å². The molecule has 4 nitrogen and oxygen atoms in total. The second kappa shape index (κ2) is 6.34. The molecule has 0 saturated carbocycles. The van der Waals surface area contributed by atoms with Crippen LogP contribution in [0.2, 0.25) is 5.02 Å². The van der Waals surface area contributed by atoms with Gasteiger partial charge in [0.25, 0.3) is 0 Å². The summed E-state index contributed by atoms with van der Waals surface area (Å²) in [5.41, 5.74) is 3.25. The summed E-state index contributed by atoms with van der Waals surface area (Å²) < 4.78 is 0. The van der Waals surface area contributed by atoms with Gasteiger partial charge in [-0.2, -0.15) is 10.7 Å². The Bertz CT molecular complexity index is 304. The first-order chi connectivity index (χ1) is 6.84. The Balaban J connectivity index is 2.40. The van der Waals surface area contributed by atoms with Gasteiger partial charge in [-0.25, -0.2) is 0 Å². The summed E-state index contributed by atoms with van der Waals surface area (Å²) in [5.74, 6) is 0. The molecule has 1 heterocycles. The van der Waals surface area contributed by atoms with Crippen molar-refractivity contribution in [2.45, 2.75) is 13.3 Å². The van der Waals surface area contributed by atoms with E-state index in [0.29, 0.717) is 11.6 Å². The molecule has 0 aliphatic rings. The van der Waals surface area contributed by atoms with Crippen molar-refractivity contribution in [2.24, 2.45) is 5.10 Å². The predicted octanol–water partition coefficient (Wildman–Crippen LogP) is 2.00. The average molecular weight is 214 g/mol. The van der Waals surface area contributed by atoms with Gasteiger partial charge in [0.1, 0.15) is 0 Å². The van der Waals surface area contributed by atoms with E-state index in [4.69, 9.17) is 16.4 Å². The van der Waals surface area contributed by atoms with Crippen molar-refractivity contribution < 1.29 is 4.84 Å². The maximum Gasteiger partial charge on any atom is 0.0761 e. The third-order valence-corrected chi connectivity index (χ3v) is 1.75. The minimum absolute atomic E-state index is 0.563. The fourth-order valence-electron chi connectivity index (χ4n) is 0.772. The molecule has 5 heteroatoms. The van der Waals surface area contributed by atoms with Gasteiger partial charge in [0.15, 0.2) is 0 Å². The Kier molecular flexibility index (Phi) is 4.96. The second-order valence-corrected chi connectivity index (χ2v) is 3.00. The molecule has 0 amide bonds. The lowest BCUT2D eigenvalue weighted by atomic mass is 10.3. The molecule has 0 radical (unpaired) electrons. The number of hydrazone groups is 1. The molecule has 76 valence electrons. The molecule has 0 aliphatic carbocycles. The van der Waals surface area contributed by atoms with E-state index in [0.717, 1.165) is 12.0 Å². The van der Waals surface area contributed by atoms with E-state index in [-0.39, 0.29) is 0 Å². The van der Waals surface area contributed by atoms with E-state index < -0.39 is 0 Å². The molecule has 1 aromatic heterocycles. The lowest BCUT2D eigenvalue weighted by molar-refractivity contribution is 0.0441. The Morgan fingerprint density at radius 3 is 3.29 bits per heavy atom. The van der Waals surface area contributed by atoms with Crippen LogP contribution in [-0.2, 0) is 4.84 Å². The smallest absolute Gasteiger partial charge is 0.0761 e. The number of pyridine rings is 1. The van der Waals surface area contributed by atoms with Crippen LogP contribution >= 0.6 is 11.6 Å². The molecule has 0 aliphatic heterocycles. The standard InChI is InChI=1S/C9H12ClN3O/c1-2-5-14-13-12-6-8-3-4-11-7-9(8)10/h3-4,6-7,13H,2,5H2,1H3. The second-order valence-electron chi connectivity index (χ2n) is 2.60. The molecule has 0 fully saturated rings. The topological polar surface area (TPSA) is 46.5 Å². The van der Waals surface area contributed by atoms with E-state index in [1.54, 1.807) is 24.7 Å². The number of hydrogen-bond acceptors (Lipinski definition) is 4. The van der Waals surface area contributed by atoms with Gasteiger partial charge in [0, 0.05) is 18.0 Å². The third kappa shape index (κ3) is 3.72. The molecule has 14 heavy (non-hydrogen) atoms. The Labute approximate surface area is 87.9 Å². The summed E-state index contributed by atoms with van der Waals surface area (Å²) >= 11 is 5.84. The summed E-state index contributed by atoms with van der Waals surface area (Å²) in [6, 6.07) is 1.77. The Morgan fingerprint density at radius 2 is 2.57 bits per heavy atom. The largest absolute Gasteiger partial charge is 0.263 e. The van der Waals surface area contributed by atoms with Gasteiger partial charge in [-0.1, -0.05) is 18.5 Å². The van der Waals surface area contributed by atoms with Crippen LogP contribution in [0.3, 0.4) is 0 Å². The zero-order chi connectivity index (χ0) is 10.2. The molecular formula is C9H12ClN3O. The van der Waals surface area contributed by atoms with Crippen LogP contribution < -0.4 is 5.59 Å². The van der Waals surface area contributed by atoms with Crippen molar-refractivity contribution in [3.8, 4) is 0 Å². The SMILES string of the molecule is CCCONN=Cc1ccncc1Cl. The van der Waals surface area contributed by atoms with Crippen LogP contribution in [0.15, 0.2) is 23.6 Å². The van der Waals surface area contributed by atoms with Crippen LogP contribution in [0.1, 0.15) is 18.9 Å². The normalized spacial score (nSPS) is 10.7. The molecular weight excluding hydrogens is 202 g/mol. The molecule has 0 atom stereocenters. The highest BCUT2D eigenvalue weighted by Crippen LogP contribution is 2.10. The first-order valence-corrected chi connectivity index (χ1v) is 4.71. The highest BCUT2D eigenvalue weighted by Gasteiger charge is 1.93. The quantitative estimate of drug-likeness (QED) is 0.462. The first-order valence-electron chi connectivity index (χ1n) is 4.34. The van der Waals surface area contributed by atoms with Gasteiger partial charge in [0.05, 0.1) is 17.8 Å². The molecule has 1 aromatic rings. The fraction of sp³-hybridized carbons (Fsp3) is 0.333. The fourth-order valence-corrected chi connectivity index (χ4v) is 0.940. The van der Waals surface area contributed by atoms with Crippen molar-refractivity contribution in [1.82, 2.24) is 10.6 Å². The van der Waals surface area contributed by atoms with Crippen LogP contribution in [-0.4, -0.2) is 17.8 Å². The Morgan fingerprint density at radius 1 is 1.71 bits per heavy atom. The van der Waals surface area contributed by atoms with Gasteiger partial charge >= 0.3 is 0 Å². The van der Waals surface area contributed by atoms with Crippen LogP contribution in [0, 0.1) is 0 Å². The van der Waals surface area contributed by atoms with Crippen molar-refractivity contribution in [3.63, 3.8) is 0 Å². The molecule has 0 unspecified atom stereocenters. The maximum atomic E-state index is 5.84. The van der Waals surface area contributed by atoms with Gasteiger partial charge in [-0.3, -0.25) is 9.82 Å². The number of rotatable bonds is 5. The van der Waals surface area contributed by atoms with E-state index in [9.17, 15) is 0 Å². The minimum Gasteiger partial charge on any atom is -0.263 e.